The third-order valence-corrected chi connectivity index (χ3v) is 3.47. The summed E-state index contributed by atoms with van der Waals surface area (Å²) in [6.45, 7) is 0.550. The maximum Gasteiger partial charge on any atom is 0.321 e. The molecule has 0 bridgehead atoms. The molecule has 1 aliphatic rings. The lowest BCUT2D eigenvalue weighted by molar-refractivity contribution is -0.141. The van der Waals surface area contributed by atoms with Gasteiger partial charge in [0.1, 0.15) is 24.0 Å². The molecule has 0 spiro atoms. The zero-order valence-corrected chi connectivity index (χ0v) is 11.1. The van der Waals surface area contributed by atoms with E-state index in [0.29, 0.717) is 29.3 Å². The van der Waals surface area contributed by atoms with E-state index < -0.39 is 12.0 Å². The number of rotatable bonds is 3. The van der Waals surface area contributed by atoms with Crippen LogP contribution in [0, 0.1) is 11.3 Å². The highest BCUT2D eigenvalue weighted by molar-refractivity contribution is 6.31. The Labute approximate surface area is 116 Å². The van der Waals surface area contributed by atoms with E-state index in [-0.39, 0.29) is 6.10 Å². The number of ether oxygens (including phenoxy) is 1. The lowest BCUT2D eigenvalue weighted by Crippen LogP contribution is -2.32. The minimum absolute atomic E-state index is 0.185. The Morgan fingerprint density at radius 2 is 2.37 bits per heavy atom. The maximum absolute atomic E-state index is 11.0. The molecule has 1 aliphatic heterocycles. The zero-order chi connectivity index (χ0) is 14.0. The number of nitriles is 1. The minimum Gasteiger partial charge on any atom is -0.489 e. The molecule has 1 N–H and O–H groups in total. The molecule has 1 fully saturated rings. The molecule has 0 aliphatic carbocycles. The quantitative estimate of drug-likeness (QED) is 0.913. The van der Waals surface area contributed by atoms with Crippen molar-refractivity contribution in [3.63, 3.8) is 0 Å². The Hall–Kier alpha value is -1.77. The van der Waals surface area contributed by atoms with Crippen LogP contribution in [0.25, 0.3) is 0 Å². The van der Waals surface area contributed by atoms with E-state index in [1.54, 1.807) is 30.1 Å². The molecule has 5 nitrogen and oxygen atoms in total. The number of hydrogen-bond acceptors (Lipinski definition) is 4. The number of halogens is 1. The highest BCUT2D eigenvalue weighted by atomic mass is 35.5. The molecular weight excluding hydrogens is 268 g/mol. The van der Waals surface area contributed by atoms with E-state index in [1.807, 2.05) is 6.07 Å². The van der Waals surface area contributed by atoms with Gasteiger partial charge in [0.25, 0.3) is 0 Å². The SMILES string of the molecule is CN1CC(Oc2ccc(C#N)c(Cl)c2)CC1C(=O)O. The minimum atomic E-state index is -0.841. The average molecular weight is 281 g/mol. The maximum atomic E-state index is 11.0. The van der Waals surface area contributed by atoms with Crippen molar-refractivity contribution in [2.45, 2.75) is 18.6 Å². The first-order valence-electron chi connectivity index (χ1n) is 5.80. The first-order valence-corrected chi connectivity index (χ1v) is 6.18. The topological polar surface area (TPSA) is 73.6 Å². The molecule has 2 atom stereocenters. The first-order chi connectivity index (χ1) is 9.01. The van der Waals surface area contributed by atoms with Crippen LogP contribution in [-0.2, 0) is 4.79 Å². The van der Waals surface area contributed by atoms with Crippen molar-refractivity contribution in [2.75, 3.05) is 13.6 Å². The summed E-state index contributed by atoms with van der Waals surface area (Å²) in [5, 5.41) is 18.1. The van der Waals surface area contributed by atoms with Gasteiger partial charge in [-0.15, -0.1) is 0 Å². The summed E-state index contributed by atoms with van der Waals surface area (Å²) >= 11 is 5.92. The fourth-order valence-corrected chi connectivity index (χ4v) is 2.39. The lowest BCUT2D eigenvalue weighted by Gasteiger charge is -2.14. The van der Waals surface area contributed by atoms with Gasteiger partial charge in [0, 0.05) is 19.0 Å². The van der Waals surface area contributed by atoms with Crippen LogP contribution in [0.3, 0.4) is 0 Å². The third kappa shape index (κ3) is 2.98. The second-order valence-electron chi connectivity index (χ2n) is 4.52. The predicted octanol–water partition coefficient (Wildman–Crippen LogP) is 1.75. The summed E-state index contributed by atoms with van der Waals surface area (Å²) in [4.78, 5) is 12.7. The number of carboxylic acids is 1. The Morgan fingerprint density at radius 3 is 2.89 bits per heavy atom. The molecule has 1 heterocycles. The molecule has 2 unspecified atom stereocenters. The van der Waals surface area contributed by atoms with Crippen LogP contribution >= 0.6 is 11.6 Å². The van der Waals surface area contributed by atoms with Crippen LogP contribution in [0.15, 0.2) is 18.2 Å². The van der Waals surface area contributed by atoms with Crippen LogP contribution in [0.1, 0.15) is 12.0 Å². The van der Waals surface area contributed by atoms with Gasteiger partial charge in [-0.25, -0.2) is 0 Å². The first kappa shape index (κ1) is 13.7. The predicted molar refractivity (Wildman–Crippen MR) is 69.3 cm³/mol. The third-order valence-electron chi connectivity index (χ3n) is 3.16. The van der Waals surface area contributed by atoms with E-state index in [0.717, 1.165) is 0 Å². The van der Waals surface area contributed by atoms with Crippen LogP contribution < -0.4 is 4.74 Å². The van der Waals surface area contributed by atoms with Crippen molar-refractivity contribution in [2.24, 2.45) is 0 Å². The highest BCUT2D eigenvalue weighted by Crippen LogP contribution is 2.26. The van der Waals surface area contributed by atoms with Gasteiger partial charge in [-0.1, -0.05) is 11.6 Å². The molecule has 0 radical (unpaired) electrons. The van der Waals surface area contributed by atoms with Gasteiger partial charge in [0.05, 0.1) is 10.6 Å². The van der Waals surface area contributed by atoms with Gasteiger partial charge in [0.15, 0.2) is 0 Å². The second-order valence-corrected chi connectivity index (χ2v) is 4.93. The molecule has 100 valence electrons. The van der Waals surface area contributed by atoms with Crippen LogP contribution in [0.4, 0.5) is 0 Å². The number of likely N-dealkylation sites (tertiary alicyclic amines) is 1. The Bertz CT molecular complexity index is 541. The smallest absolute Gasteiger partial charge is 0.321 e. The summed E-state index contributed by atoms with van der Waals surface area (Å²) in [6.07, 6.45) is 0.249. The van der Waals surface area contributed by atoms with E-state index in [2.05, 4.69) is 0 Å². The Morgan fingerprint density at radius 1 is 1.63 bits per heavy atom. The number of nitrogens with zero attached hydrogens (tertiary/aromatic N) is 2. The number of benzene rings is 1. The molecule has 1 aromatic rings. The van der Waals surface area contributed by atoms with E-state index >= 15 is 0 Å². The number of hydrogen-bond donors (Lipinski definition) is 1. The summed E-state index contributed by atoms with van der Waals surface area (Å²) < 4.78 is 5.71. The molecule has 0 amide bonds. The van der Waals surface area contributed by atoms with E-state index in [4.69, 9.17) is 26.7 Å². The van der Waals surface area contributed by atoms with Crippen molar-refractivity contribution in [3.05, 3.63) is 28.8 Å². The molecule has 19 heavy (non-hydrogen) atoms. The van der Waals surface area contributed by atoms with Crippen molar-refractivity contribution in [1.29, 1.82) is 5.26 Å². The summed E-state index contributed by atoms with van der Waals surface area (Å²) in [5.41, 5.74) is 0.390. The summed E-state index contributed by atoms with van der Waals surface area (Å²) in [5.74, 6) is -0.292. The van der Waals surface area contributed by atoms with Gasteiger partial charge < -0.3 is 9.84 Å². The Kier molecular flexibility index (Phi) is 3.93. The molecule has 0 aromatic heterocycles. The monoisotopic (exact) mass is 280 g/mol. The van der Waals surface area contributed by atoms with Crippen molar-refractivity contribution < 1.29 is 14.6 Å². The molecule has 1 aromatic carbocycles. The molecule has 0 saturated carbocycles. The van der Waals surface area contributed by atoms with Crippen molar-refractivity contribution in [1.82, 2.24) is 4.90 Å². The van der Waals surface area contributed by atoms with Gasteiger partial charge in [-0.3, -0.25) is 9.69 Å². The average Bonchev–Trinajstić information content (AvgIpc) is 2.70. The second kappa shape index (κ2) is 5.47. The molecule has 2 rings (SSSR count). The van der Waals surface area contributed by atoms with Gasteiger partial charge >= 0.3 is 5.97 Å². The zero-order valence-electron chi connectivity index (χ0n) is 10.3. The number of carbonyl (C=O) groups is 1. The van der Waals surface area contributed by atoms with Gasteiger partial charge in [-0.05, 0) is 19.2 Å². The summed E-state index contributed by atoms with van der Waals surface area (Å²) in [6, 6.07) is 6.29. The van der Waals surface area contributed by atoms with E-state index in [9.17, 15) is 4.79 Å². The molecular formula is C13H13ClN2O3. The fraction of sp³-hybridized carbons (Fsp3) is 0.385. The number of aliphatic carboxylic acids is 1. The number of carboxylic acid groups (broad SMARTS) is 1. The standard InChI is InChI=1S/C13H13ClN2O3/c1-16-7-10(5-12(16)13(17)18)19-9-3-2-8(6-15)11(14)4-9/h2-4,10,12H,5,7H2,1H3,(H,17,18). The van der Waals surface area contributed by atoms with Crippen molar-refractivity contribution >= 4 is 17.6 Å². The fourth-order valence-electron chi connectivity index (χ4n) is 2.18. The normalized spacial score (nSPS) is 23.0. The van der Waals surface area contributed by atoms with Crippen LogP contribution in [0.2, 0.25) is 5.02 Å². The van der Waals surface area contributed by atoms with Gasteiger partial charge in [0.2, 0.25) is 0 Å². The number of likely N-dealkylation sites (N-methyl/N-ethyl adjacent to an activating group) is 1. The Balaban J connectivity index is 2.05. The van der Waals surface area contributed by atoms with Gasteiger partial charge in [-0.2, -0.15) is 5.26 Å². The lowest BCUT2D eigenvalue weighted by atomic mass is 10.2. The van der Waals surface area contributed by atoms with Crippen LogP contribution in [-0.4, -0.2) is 41.7 Å². The highest BCUT2D eigenvalue weighted by Gasteiger charge is 2.35. The summed E-state index contributed by atoms with van der Waals surface area (Å²) in [7, 11) is 1.76. The van der Waals surface area contributed by atoms with Crippen LogP contribution in [0.5, 0.6) is 5.75 Å². The molecule has 1 saturated heterocycles. The van der Waals surface area contributed by atoms with Crippen molar-refractivity contribution in [3.8, 4) is 11.8 Å². The largest absolute Gasteiger partial charge is 0.489 e. The molecule has 6 heteroatoms. The van der Waals surface area contributed by atoms with E-state index in [1.165, 1.54) is 0 Å².